The second-order valence-electron chi connectivity index (χ2n) is 30.6. The Morgan fingerprint density at radius 3 is 1.65 bits per heavy atom. The van der Waals surface area contributed by atoms with Crippen molar-refractivity contribution in [3.8, 4) is 0 Å². The predicted molar refractivity (Wildman–Crippen MR) is 380 cm³/mol. The van der Waals surface area contributed by atoms with Gasteiger partial charge in [0.1, 0.15) is 48.4 Å². The van der Waals surface area contributed by atoms with Gasteiger partial charge >= 0.3 is 0 Å². The third kappa shape index (κ3) is 23.5. The summed E-state index contributed by atoms with van der Waals surface area (Å²) in [5.41, 5.74) is 0. The molecule has 14 atom stereocenters. The normalized spacial score (nSPS) is 27.7. The first-order valence-corrected chi connectivity index (χ1v) is 36.9. The van der Waals surface area contributed by atoms with Gasteiger partial charge in [0.2, 0.25) is 47.3 Å². The first-order chi connectivity index (χ1) is 46.9. The summed E-state index contributed by atoms with van der Waals surface area (Å²) in [5.74, 6) is -10.1. The number of aryl methyl sites for hydroxylation is 1. The molecule has 9 amide bonds. The van der Waals surface area contributed by atoms with E-state index in [1.807, 2.05) is 48.5 Å². The Morgan fingerprint density at radius 2 is 1.10 bits per heavy atom. The molecule has 0 aromatic carbocycles. The lowest BCUT2D eigenvalue weighted by atomic mass is 9.85. The second kappa shape index (κ2) is 40.4. The number of fused-ring (bicyclic) bond motifs is 1. The minimum Gasteiger partial charge on any atom is -0.379 e. The third-order valence-corrected chi connectivity index (χ3v) is 20.4. The Balaban J connectivity index is 1.87. The van der Waals surface area contributed by atoms with Gasteiger partial charge in [-0.15, -0.1) is 5.10 Å². The van der Waals surface area contributed by atoms with Crippen molar-refractivity contribution in [2.24, 2.45) is 47.3 Å². The number of hydrogen-bond acceptors (Lipinski definition) is 17. The number of amides is 9. The molecular formula is C73H127N13O14. The van der Waals surface area contributed by atoms with Crippen LogP contribution in [-0.2, 0) is 73.6 Å². The van der Waals surface area contributed by atoms with Gasteiger partial charge < -0.3 is 49.5 Å². The van der Waals surface area contributed by atoms with Crippen molar-refractivity contribution in [3.63, 3.8) is 0 Å². The van der Waals surface area contributed by atoms with Gasteiger partial charge in [0.15, 0.2) is 17.6 Å². The molecule has 3 fully saturated rings. The van der Waals surface area contributed by atoms with Crippen LogP contribution in [0.5, 0.6) is 0 Å². The molecule has 0 spiro atoms. The number of ketones is 2. The van der Waals surface area contributed by atoms with E-state index in [0.29, 0.717) is 32.6 Å². The number of nitrogens with zero attached hydrogens (tertiary/aromatic N) is 11. The fourth-order valence-electron chi connectivity index (χ4n) is 13.9. The Bertz CT molecular complexity index is 2850. The quantitative estimate of drug-likeness (QED) is 0.128. The zero-order valence-electron chi connectivity index (χ0n) is 64.7. The molecule has 27 nitrogen and oxygen atoms in total. The fraction of sp³-hybridized carbons (Fsp3) is 0.822. The van der Waals surface area contributed by atoms with E-state index in [2.05, 4.69) is 25.8 Å². The van der Waals surface area contributed by atoms with Crippen LogP contribution in [0.2, 0.25) is 0 Å². The van der Waals surface area contributed by atoms with Crippen molar-refractivity contribution < 1.29 is 67.1 Å². The molecule has 0 bridgehead atoms. The number of rotatable bonds is 23. The van der Waals surface area contributed by atoms with Crippen LogP contribution in [0.15, 0.2) is 12.4 Å². The molecule has 27 heteroatoms. The molecule has 4 heterocycles. The lowest BCUT2D eigenvalue weighted by molar-refractivity contribution is -0.322. The number of hydrogen-bond donors (Lipinski definition) is 2. The summed E-state index contributed by atoms with van der Waals surface area (Å²) >= 11 is 0. The highest BCUT2D eigenvalue weighted by atomic mass is 16.7. The van der Waals surface area contributed by atoms with Crippen LogP contribution in [0, 0.1) is 47.3 Å². The minimum absolute atomic E-state index is 0.0593. The van der Waals surface area contributed by atoms with Crippen LogP contribution in [0.3, 0.4) is 0 Å². The monoisotopic (exact) mass is 1410 g/mol. The molecular weight excluding hydrogens is 1280 g/mol. The van der Waals surface area contributed by atoms with Crippen LogP contribution in [0.4, 0.5) is 0 Å². The largest absolute Gasteiger partial charge is 0.379 e. The first kappa shape index (κ1) is 86.0. The molecule has 3 aliphatic rings. The average molecular weight is 1410 g/mol. The summed E-state index contributed by atoms with van der Waals surface area (Å²) in [6, 6.07) is -10.7. The summed E-state index contributed by atoms with van der Waals surface area (Å²) in [7, 11) is 8.87. The van der Waals surface area contributed by atoms with E-state index in [4.69, 9.17) is 14.3 Å². The van der Waals surface area contributed by atoms with Crippen molar-refractivity contribution >= 4 is 64.7 Å². The predicted octanol–water partition coefficient (Wildman–Crippen LogP) is 5.52. The van der Waals surface area contributed by atoms with E-state index in [-0.39, 0.29) is 68.8 Å². The molecule has 0 aliphatic carbocycles. The van der Waals surface area contributed by atoms with E-state index in [1.54, 1.807) is 65.5 Å². The van der Waals surface area contributed by atoms with E-state index in [1.165, 1.54) is 85.5 Å². The van der Waals surface area contributed by atoms with Crippen molar-refractivity contribution in [1.29, 1.82) is 0 Å². The van der Waals surface area contributed by atoms with Crippen LogP contribution < -0.4 is 10.6 Å². The van der Waals surface area contributed by atoms with Gasteiger partial charge in [-0.25, -0.2) is 5.06 Å². The molecule has 568 valence electrons. The first-order valence-electron chi connectivity index (χ1n) is 36.9. The van der Waals surface area contributed by atoms with Gasteiger partial charge in [-0.2, -0.15) is 0 Å². The third-order valence-electron chi connectivity index (χ3n) is 20.4. The number of likely N-dealkylation sites (N-methyl/N-ethyl adjacent to an activating group) is 6. The zero-order chi connectivity index (χ0) is 75.3. The van der Waals surface area contributed by atoms with Gasteiger partial charge in [0.05, 0.1) is 31.6 Å². The molecule has 2 N–H and O–H groups in total. The highest BCUT2D eigenvalue weighted by molar-refractivity contribution is 6.00. The molecule has 1 unspecified atom stereocenters. The summed E-state index contributed by atoms with van der Waals surface area (Å²) < 4.78 is 13.7. The highest BCUT2D eigenvalue weighted by Crippen LogP contribution is 2.35. The molecule has 3 aliphatic heterocycles. The Morgan fingerprint density at radius 1 is 0.550 bits per heavy atom. The fourth-order valence-corrected chi connectivity index (χ4v) is 13.9. The average Bonchev–Trinajstić information content (AvgIpc) is 0.837. The van der Waals surface area contributed by atoms with Crippen molar-refractivity contribution in [3.05, 3.63) is 12.4 Å². The van der Waals surface area contributed by atoms with E-state index >= 15 is 33.6 Å². The molecule has 1 aromatic heterocycles. The van der Waals surface area contributed by atoms with Gasteiger partial charge in [0.25, 0.3) is 5.91 Å². The van der Waals surface area contributed by atoms with E-state index in [9.17, 15) is 19.2 Å². The Kier molecular flexibility index (Phi) is 34.7. The molecule has 1 aromatic rings. The van der Waals surface area contributed by atoms with Crippen LogP contribution in [0.25, 0.3) is 0 Å². The maximum absolute atomic E-state index is 15.4. The van der Waals surface area contributed by atoms with Crippen LogP contribution in [-0.4, -0.2) is 267 Å². The number of carbonyl (C=O) groups is 11. The SMILES string of the molecule is CC[C@@H]1NC(=O)[C@@H]2C([C@H](C)CCCCCn3ccnn3)ON2C(=O)[C@H](C(C)C)N(C)C(=O)[C@H](CC(C)C)N(C)C(=O)[C@H](CC(C)C)N(C)C(=O)[C@@H](C)NC(=O)[C@H](C)CC(=O)[C@H](CC(C)C)N(C)C(=O)[C@H](C(C)C)CC(=O)[C@H]([C@@H](C)OCCCCN2CCOCC2)N(C)C(=O)[C@@H](C)N(C)C1=O. The summed E-state index contributed by atoms with van der Waals surface area (Å²) in [6.45, 7) is 33.1. The van der Waals surface area contributed by atoms with Crippen molar-refractivity contribution in [2.45, 2.75) is 261 Å². The highest BCUT2D eigenvalue weighted by Gasteiger charge is 2.55. The van der Waals surface area contributed by atoms with Crippen molar-refractivity contribution in [1.82, 2.24) is 65.0 Å². The maximum atomic E-state index is 15.4. The van der Waals surface area contributed by atoms with Gasteiger partial charge in [-0.1, -0.05) is 108 Å². The number of Topliss-reactive ketones (excluding diaryl/α,β-unsaturated/α-hetero) is 2. The minimum atomic E-state index is -1.29. The van der Waals surface area contributed by atoms with Crippen molar-refractivity contribution in [2.75, 3.05) is 81.7 Å². The lowest BCUT2D eigenvalue weighted by Crippen LogP contribution is -2.72. The molecule has 4 rings (SSSR count). The lowest BCUT2D eigenvalue weighted by Gasteiger charge is -2.50. The molecule has 0 saturated carbocycles. The number of morpholine rings is 1. The number of carbonyl (C=O) groups excluding carboxylic acids is 11. The Hall–Kier alpha value is -6.45. The topological polar surface area (TPSA) is 296 Å². The van der Waals surface area contributed by atoms with Gasteiger partial charge in [-0.05, 0) is 114 Å². The molecule has 100 heavy (non-hydrogen) atoms. The number of nitrogens with one attached hydrogen (secondary N) is 2. The zero-order valence-corrected chi connectivity index (χ0v) is 64.7. The van der Waals surface area contributed by atoms with Gasteiger partial charge in [0, 0.05) is 99.4 Å². The summed E-state index contributed by atoms with van der Waals surface area (Å²) in [4.78, 5) is 181. The smallest absolute Gasteiger partial charge is 0.270 e. The number of ether oxygens (including phenoxy) is 2. The number of unbranched alkanes of at least 4 members (excludes halogenated alkanes) is 3. The maximum Gasteiger partial charge on any atom is 0.270 e. The second-order valence-corrected chi connectivity index (χ2v) is 30.6. The molecule has 0 radical (unpaired) electrons. The molecule has 3 saturated heterocycles. The van der Waals surface area contributed by atoms with Gasteiger partial charge in [-0.3, -0.25) is 67.2 Å². The Labute approximate surface area is 596 Å². The van der Waals surface area contributed by atoms with E-state index in [0.717, 1.165) is 50.4 Å². The van der Waals surface area contributed by atoms with Crippen LogP contribution >= 0.6 is 0 Å². The van der Waals surface area contributed by atoms with Crippen LogP contribution in [0.1, 0.15) is 188 Å². The standard InChI is InChI=1S/C73H127N13O14/c1-23-55-70(94)78(17)52(15)68(92)83(22)62(53(16)99-36-28-27-31-84-34-37-98-38-35-84)60(88)43-54(47(8)9)69(93)79(18)56(39-44(2)3)59(87)42-50(13)65(89)75-51(14)67(91)80(19)57(40-45(4)5)71(95)81(20)58(41-46(6)7)72(96)82(21)61(48(10)11)73(97)86-63(66(90)76-55)64(100-86)49(12)29-25-24-26-32-85-33-30-74-77-85/h30,33,44-58,61-64H,23-29,31-32,34-43H2,1-22H3,(H,75,89)(H,76,90)/t49-,50-,51-,52-,53-,54+,55+,56+,57+,58+,61+,62+,63+,64?/m1/s1. The van der Waals surface area contributed by atoms with E-state index < -0.39 is 155 Å². The number of aromatic nitrogens is 3. The summed E-state index contributed by atoms with van der Waals surface area (Å²) in [5, 5.41) is 14.6. The number of hydroxylamine groups is 2. The summed E-state index contributed by atoms with van der Waals surface area (Å²) in [6.07, 6.45) is 6.03.